The van der Waals surface area contributed by atoms with Crippen molar-refractivity contribution in [1.29, 1.82) is 0 Å². The zero-order valence-electron chi connectivity index (χ0n) is 13.2. The Morgan fingerprint density at radius 3 is 2.75 bits per heavy atom. The summed E-state index contributed by atoms with van der Waals surface area (Å²) in [5.41, 5.74) is 0.329. The van der Waals surface area contributed by atoms with Crippen LogP contribution >= 0.6 is 27.3 Å². The van der Waals surface area contributed by atoms with Crippen LogP contribution in [0.25, 0.3) is 0 Å². The summed E-state index contributed by atoms with van der Waals surface area (Å²) in [6.45, 7) is 1.01. The number of nitrogens with zero attached hydrogens (tertiary/aromatic N) is 1. The molecular weight excluding hydrogens is 398 g/mol. The second-order valence-electron chi connectivity index (χ2n) is 5.21. The van der Waals surface area contributed by atoms with Gasteiger partial charge in [0.15, 0.2) is 6.54 Å². The summed E-state index contributed by atoms with van der Waals surface area (Å²) in [4.78, 5) is 24.7. The molecule has 0 aliphatic heterocycles. The van der Waals surface area contributed by atoms with E-state index in [1.54, 1.807) is 11.3 Å². The molecule has 128 valence electrons. The molecule has 0 radical (unpaired) electrons. The standard InChI is InChI=1S/C15H16BrN3O4S/c1-18(8-11-4-6-14(16)24-11)9-15(20)17-12-5-3-10(19(21)22)7-13(12)23-2/h3-7H,8-9H2,1-2H3,(H,17,20)/p+1. The van der Waals surface area contributed by atoms with Crippen LogP contribution in [-0.4, -0.2) is 31.5 Å². The number of halogens is 1. The molecule has 1 amide bonds. The van der Waals surface area contributed by atoms with Gasteiger partial charge >= 0.3 is 0 Å². The highest BCUT2D eigenvalue weighted by Crippen LogP contribution is 2.28. The first-order valence-electron chi connectivity index (χ1n) is 7.07. The Labute approximate surface area is 151 Å². The van der Waals surface area contributed by atoms with E-state index < -0.39 is 4.92 Å². The first kappa shape index (κ1) is 18.4. The van der Waals surface area contributed by atoms with Crippen LogP contribution < -0.4 is 15.0 Å². The molecule has 0 aliphatic rings. The van der Waals surface area contributed by atoms with Crippen LogP contribution in [0.4, 0.5) is 11.4 Å². The summed E-state index contributed by atoms with van der Waals surface area (Å²) < 4.78 is 6.17. The van der Waals surface area contributed by atoms with Gasteiger partial charge < -0.3 is 15.0 Å². The van der Waals surface area contributed by atoms with Gasteiger partial charge in [0.2, 0.25) is 0 Å². The van der Waals surface area contributed by atoms with Crippen LogP contribution in [0.5, 0.6) is 5.75 Å². The number of nitro groups is 1. The average molecular weight is 415 g/mol. The SMILES string of the molecule is COc1cc([N+](=O)[O-])ccc1NC(=O)C[NH+](C)Cc1ccc(Br)s1. The Balaban J connectivity index is 1.97. The number of rotatable bonds is 7. The number of ether oxygens (including phenoxy) is 1. The number of non-ortho nitro benzene ring substituents is 1. The maximum atomic E-state index is 12.2. The molecule has 1 unspecified atom stereocenters. The van der Waals surface area contributed by atoms with Gasteiger partial charge in [-0.2, -0.15) is 0 Å². The summed E-state index contributed by atoms with van der Waals surface area (Å²) in [5, 5.41) is 13.5. The fourth-order valence-electron chi connectivity index (χ4n) is 2.17. The molecule has 0 fully saturated rings. The Kier molecular flexibility index (Phi) is 6.29. The van der Waals surface area contributed by atoms with Gasteiger partial charge in [0.1, 0.15) is 12.3 Å². The molecule has 1 atom stereocenters. The third kappa shape index (κ3) is 5.02. The number of benzene rings is 1. The maximum Gasteiger partial charge on any atom is 0.279 e. The van der Waals surface area contributed by atoms with E-state index in [-0.39, 0.29) is 23.9 Å². The topological polar surface area (TPSA) is 85.9 Å². The summed E-state index contributed by atoms with van der Waals surface area (Å²) >= 11 is 5.05. The van der Waals surface area contributed by atoms with Crippen molar-refractivity contribution in [1.82, 2.24) is 0 Å². The predicted octanol–water partition coefficient (Wildman–Crippen LogP) is 2.08. The minimum Gasteiger partial charge on any atom is -0.494 e. The van der Waals surface area contributed by atoms with E-state index in [4.69, 9.17) is 4.74 Å². The lowest BCUT2D eigenvalue weighted by Crippen LogP contribution is -3.08. The second-order valence-corrected chi connectivity index (χ2v) is 7.75. The molecule has 0 spiro atoms. The number of carbonyl (C=O) groups is 1. The second kappa shape index (κ2) is 8.22. The number of hydrogen-bond acceptors (Lipinski definition) is 5. The molecule has 2 N–H and O–H groups in total. The van der Waals surface area contributed by atoms with E-state index in [0.29, 0.717) is 5.69 Å². The summed E-state index contributed by atoms with van der Waals surface area (Å²) in [7, 11) is 3.33. The van der Waals surface area contributed by atoms with Gasteiger partial charge in [0.25, 0.3) is 11.6 Å². The molecule has 0 saturated heterocycles. The van der Waals surface area contributed by atoms with Gasteiger partial charge in [-0.1, -0.05) is 0 Å². The van der Waals surface area contributed by atoms with Crippen LogP contribution in [0.3, 0.4) is 0 Å². The summed E-state index contributed by atoms with van der Waals surface area (Å²) in [5.74, 6) is 0.0765. The van der Waals surface area contributed by atoms with Crippen molar-refractivity contribution in [2.45, 2.75) is 6.54 Å². The first-order valence-corrected chi connectivity index (χ1v) is 8.67. The van der Waals surface area contributed by atoms with Crippen molar-refractivity contribution in [2.75, 3.05) is 26.0 Å². The molecule has 1 heterocycles. The monoisotopic (exact) mass is 414 g/mol. The van der Waals surface area contributed by atoms with Crippen LogP contribution in [0, 0.1) is 10.1 Å². The number of carbonyl (C=O) groups excluding carboxylic acids is 1. The van der Waals surface area contributed by atoms with Gasteiger partial charge in [-0.25, -0.2) is 0 Å². The summed E-state index contributed by atoms with van der Waals surface area (Å²) in [6, 6.07) is 8.10. The number of methoxy groups -OCH3 is 1. The minimum absolute atomic E-state index is 0.0872. The number of nitrogens with one attached hydrogen (secondary N) is 2. The van der Waals surface area contributed by atoms with E-state index in [9.17, 15) is 14.9 Å². The van der Waals surface area contributed by atoms with E-state index in [0.717, 1.165) is 15.2 Å². The zero-order chi connectivity index (χ0) is 17.7. The largest absolute Gasteiger partial charge is 0.494 e. The van der Waals surface area contributed by atoms with Crippen molar-refractivity contribution in [2.24, 2.45) is 0 Å². The smallest absolute Gasteiger partial charge is 0.279 e. The fourth-order valence-corrected chi connectivity index (χ4v) is 3.77. The van der Waals surface area contributed by atoms with Crippen LogP contribution in [0.2, 0.25) is 0 Å². The van der Waals surface area contributed by atoms with Gasteiger partial charge in [0.05, 0.1) is 39.5 Å². The molecule has 9 heteroatoms. The van der Waals surface area contributed by atoms with Gasteiger partial charge in [-0.15, -0.1) is 11.3 Å². The minimum atomic E-state index is -0.509. The van der Waals surface area contributed by atoms with Gasteiger partial charge in [-0.3, -0.25) is 14.9 Å². The fraction of sp³-hybridized carbons (Fsp3) is 0.267. The van der Waals surface area contributed by atoms with E-state index in [1.807, 2.05) is 19.2 Å². The van der Waals surface area contributed by atoms with Crippen LogP contribution in [0.15, 0.2) is 34.1 Å². The van der Waals surface area contributed by atoms with Crippen LogP contribution in [-0.2, 0) is 11.3 Å². The van der Waals surface area contributed by atoms with Crippen molar-refractivity contribution in [3.05, 3.63) is 49.1 Å². The van der Waals surface area contributed by atoms with Gasteiger partial charge in [0, 0.05) is 6.07 Å². The van der Waals surface area contributed by atoms with Crippen molar-refractivity contribution in [3.8, 4) is 5.75 Å². The molecule has 2 aromatic rings. The lowest BCUT2D eigenvalue weighted by atomic mass is 10.2. The molecule has 0 saturated carbocycles. The Hall–Kier alpha value is -1.97. The van der Waals surface area contributed by atoms with E-state index in [2.05, 4.69) is 21.2 Å². The normalized spacial score (nSPS) is 11.8. The number of hydrogen-bond donors (Lipinski definition) is 2. The van der Waals surface area contributed by atoms with Crippen molar-refractivity contribution < 1.29 is 19.4 Å². The molecule has 0 bridgehead atoms. The molecule has 1 aromatic heterocycles. The summed E-state index contributed by atoms with van der Waals surface area (Å²) in [6.07, 6.45) is 0. The average Bonchev–Trinajstić information content (AvgIpc) is 2.92. The number of thiophene rings is 1. The van der Waals surface area contributed by atoms with Crippen molar-refractivity contribution in [3.63, 3.8) is 0 Å². The molecule has 1 aromatic carbocycles. The number of quaternary nitrogens is 1. The number of amides is 1. The maximum absolute atomic E-state index is 12.2. The van der Waals surface area contributed by atoms with Gasteiger partial charge in [-0.05, 0) is 34.1 Å². The third-order valence-corrected chi connectivity index (χ3v) is 4.86. The molecule has 0 aliphatic carbocycles. The highest BCUT2D eigenvalue weighted by atomic mass is 79.9. The molecule has 7 nitrogen and oxygen atoms in total. The molecule has 24 heavy (non-hydrogen) atoms. The Morgan fingerprint density at radius 2 is 2.17 bits per heavy atom. The van der Waals surface area contributed by atoms with E-state index in [1.165, 1.54) is 30.2 Å². The zero-order valence-corrected chi connectivity index (χ0v) is 15.6. The van der Waals surface area contributed by atoms with Crippen LogP contribution in [0.1, 0.15) is 4.88 Å². The first-order chi connectivity index (χ1) is 11.4. The van der Waals surface area contributed by atoms with Crippen molar-refractivity contribution >= 4 is 44.5 Å². The lowest BCUT2D eigenvalue weighted by Gasteiger charge is -2.14. The number of nitro benzene ring substituents is 1. The number of likely N-dealkylation sites (N-methyl/N-ethyl adjacent to an activating group) is 1. The highest BCUT2D eigenvalue weighted by Gasteiger charge is 2.16. The van der Waals surface area contributed by atoms with E-state index >= 15 is 0 Å². The molecular formula is C15H17BrN3O4S+. The Morgan fingerprint density at radius 1 is 1.42 bits per heavy atom. The Bertz CT molecular complexity index is 750. The quantitative estimate of drug-likeness (QED) is 0.536. The molecule has 2 rings (SSSR count). The predicted molar refractivity (Wildman–Crippen MR) is 95.8 cm³/mol. The number of anilines is 1. The highest BCUT2D eigenvalue weighted by molar-refractivity contribution is 9.11. The third-order valence-electron chi connectivity index (χ3n) is 3.24. The lowest BCUT2D eigenvalue weighted by molar-refractivity contribution is -0.884.